The van der Waals surface area contributed by atoms with Crippen molar-refractivity contribution in [3.63, 3.8) is 0 Å². The van der Waals surface area contributed by atoms with Crippen LogP contribution in [0.4, 0.5) is 0 Å². The first-order valence-corrected chi connectivity index (χ1v) is 13.6. The van der Waals surface area contributed by atoms with Crippen molar-refractivity contribution < 1.29 is 9.90 Å². The minimum Gasteiger partial charge on any atom is -0.395 e. The van der Waals surface area contributed by atoms with Gasteiger partial charge in [0.2, 0.25) is 0 Å². The monoisotopic (exact) mass is 440 g/mol. The van der Waals surface area contributed by atoms with E-state index in [0.29, 0.717) is 45.7 Å². The maximum atomic E-state index is 13.0. The van der Waals surface area contributed by atoms with Crippen molar-refractivity contribution >= 4 is 5.78 Å². The third-order valence-electron chi connectivity index (χ3n) is 12.9. The lowest BCUT2D eigenvalue weighted by atomic mass is 9.32. The van der Waals surface area contributed by atoms with Gasteiger partial charge >= 0.3 is 0 Å². The van der Waals surface area contributed by atoms with Gasteiger partial charge in [0.1, 0.15) is 5.78 Å². The van der Waals surface area contributed by atoms with Crippen molar-refractivity contribution in [2.75, 3.05) is 6.61 Å². The maximum Gasteiger partial charge on any atom is 0.141 e. The molecule has 0 bridgehead atoms. The molecule has 0 unspecified atom stereocenters. The Bertz CT molecular complexity index is 855. The van der Waals surface area contributed by atoms with Gasteiger partial charge in [-0.25, -0.2) is 0 Å². The van der Waals surface area contributed by atoms with E-state index in [1.807, 2.05) is 5.57 Å². The number of allylic oxidation sites excluding steroid dienone is 2. The third-order valence-corrected chi connectivity index (χ3v) is 12.9. The number of carbonyl (C=O) groups excluding carboxylic acids is 1. The first kappa shape index (κ1) is 23.1. The minimum absolute atomic E-state index is 0.0236. The summed E-state index contributed by atoms with van der Waals surface area (Å²) in [6, 6.07) is 0. The zero-order valence-corrected chi connectivity index (χ0v) is 21.9. The predicted octanol–water partition coefficient (Wildman–Crippen LogP) is 7.35. The molecule has 5 aliphatic carbocycles. The highest BCUT2D eigenvalue weighted by atomic mass is 16.3. The molecule has 0 aromatic heterocycles. The summed E-state index contributed by atoms with van der Waals surface area (Å²) in [7, 11) is 0. The van der Waals surface area contributed by atoms with Gasteiger partial charge in [0.25, 0.3) is 0 Å². The Labute approximate surface area is 197 Å². The second-order valence-electron chi connectivity index (χ2n) is 14.8. The fourth-order valence-corrected chi connectivity index (χ4v) is 10.5. The summed E-state index contributed by atoms with van der Waals surface area (Å²) in [4.78, 5) is 13.0. The summed E-state index contributed by atoms with van der Waals surface area (Å²) < 4.78 is 0. The van der Waals surface area contributed by atoms with Crippen molar-refractivity contribution in [3.05, 3.63) is 11.6 Å². The second kappa shape index (κ2) is 6.73. The molecule has 0 heterocycles. The molecular formula is C30H48O2. The standard InChI is InChI=1S/C30H48O2/c1-25(2)14-15-26(3)16-17-29(6)20(21(26)18-25)8-9-23-27(4)12-11-24(32)28(5,19-31)22(27)10-13-30(23,29)7/h18,20,22-23,31H,8-17,19H2,1-7H3/t20-,22-,23-,26-,27+,28+,29-,30-/m1/s1. The highest BCUT2D eigenvalue weighted by Gasteiger charge is 2.69. The number of hydrogen-bond donors (Lipinski definition) is 1. The highest BCUT2D eigenvalue weighted by molar-refractivity contribution is 5.86. The first-order chi connectivity index (χ1) is 14.8. The lowest BCUT2D eigenvalue weighted by molar-refractivity contribution is -0.216. The van der Waals surface area contributed by atoms with Crippen molar-refractivity contribution in [2.45, 2.75) is 113 Å². The second-order valence-corrected chi connectivity index (χ2v) is 14.8. The van der Waals surface area contributed by atoms with Gasteiger partial charge in [-0.05, 0) is 103 Å². The molecule has 4 saturated carbocycles. The molecule has 1 N–H and O–H groups in total. The molecule has 5 rings (SSSR count). The molecule has 5 aliphatic rings. The Morgan fingerprint density at radius 2 is 1.50 bits per heavy atom. The number of aliphatic hydroxyl groups is 1. The van der Waals surface area contributed by atoms with Crippen LogP contribution in [-0.4, -0.2) is 17.5 Å². The zero-order chi connectivity index (χ0) is 23.4. The normalized spacial score (nSPS) is 54.6. The van der Waals surface area contributed by atoms with E-state index in [-0.39, 0.29) is 12.0 Å². The quantitative estimate of drug-likeness (QED) is 0.433. The van der Waals surface area contributed by atoms with Gasteiger partial charge in [-0.1, -0.05) is 60.1 Å². The van der Waals surface area contributed by atoms with Crippen LogP contribution in [-0.2, 0) is 4.79 Å². The van der Waals surface area contributed by atoms with E-state index in [2.05, 4.69) is 54.5 Å². The first-order valence-electron chi connectivity index (χ1n) is 13.6. The van der Waals surface area contributed by atoms with E-state index < -0.39 is 5.41 Å². The maximum absolute atomic E-state index is 13.0. The minimum atomic E-state index is -0.535. The van der Waals surface area contributed by atoms with Crippen LogP contribution in [0.25, 0.3) is 0 Å². The van der Waals surface area contributed by atoms with Gasteiger partial charge in [0.15, 0.2) is 0 Å². The molecule has 0 aliphatic heterocycles. The molecule has 2 heteroatoms. The summed E-state index contributed by atoms with van der Waals surface area (Å²) in [5.74, 6) is 2.03. The van der Waals surface area contributed by atoms with Crippen molar-refractivity contribution in [1.29, 1.82) is 0 Å². The number of aliphatic hydroxyl groups excluding tert-OH is 1. The predicted molar refractivity (Wildman–Crippen MR) is 131 cm³/mol. The van der Waals surface area contributed by atoms with Crippen molar-refractivity contribution in [3.8, 4) is 0 Å². The Hall–Kier alpha value is -0.630. The van der Waals surface area contributed by atoms with Crippen LogP contribution < -0.4 is 0 Å². The fourth-order valence-electron chi connectivity index (χ4n) is 10.5. The largest absolute Gasteiger partial charge is 0.395 e. The van der Waals surface area contributed by atoms with E-state index in [1.165, 1.54) is 44.9 Å². The molecule has 0 aromatic rings. The molecule has 32 heavy (non-hydrogen) atoms. The summed E-state index contributed by atoms with van der Waals surface area (Å²) in [5, 5.41) is 10.4. The number of hydrogen-bond acceptors (Lipinski definition) is 2. The van der Waals surface area contributed by atoms with E-state index >= 15 is 0 Å². The molecule has 4 fully saturated rings. The van der Waals surface area contributed by atoms with Gasteiger partial charge in [0.05, 0.1) is 12.0 Å². The van der Waals surface area contributed by atoms with Crippen LogP contribution in [0.2, 0.25) is 0 Å². The van der Waals surface area contributed by atoms with Crippen LogP contribution >= 0.6 is 0 Å². The van der Waals surface area contributed by atoms with Crippen LogP contribution in [0, 0.1) is 50.2 Å². The van der Waals surface area contributed by atoms with Gasteiger partial charge < -0.3 is 5.11 Å². The van der Waals surface area contributed by atoms with Gasteiger partial charge in [0, 0.05) is 6.42 Å². The van der Waals surface area contributed by atoms with Gasteiger partial charge in [-0.15, -0.1) is 0 Å². The lowest BCUT2D eigenvalue weighted by Crippen LogP contribution is -2.66. The summed E-state index contributed by atoms with van der Waals surface area (Å²) in [6.45, 7) is 17.4. The van der Waals surface area contributed by atoms with Crippen molar-refractivity contribution in [1.82, 2.24) is 0 Å². The van der Waals surface area contributed by atoms with Crippen LogP contribution in [0.1, 0.15) is 113 Å². The molecular weight excluding hydrogens is 392 g/mol. The molecule has 0 amide bonds. The van der Waals surface area contributed by atoms with Gasteiger partial charge in [-0.2, -0.15) is 0 Å². The zero-order valence-electron chi connectivity index (χ0n) is 21.9. The van der Waals surface area contributed by atoms with Crippen LogP contribution in [0.5, 0.6) is 0 Å². The molecule has 0 spiro atoms. The Morgan fingerprint density at radius 3 is 2.19 bits per heavy atom. The number of rotatable bonds is 1. The number of fused-ring (bicyclic) bond motifs is 7. The average molecular weight is 441 g/mol. The lowest BCUT2D eigenvalue weighted by Gasteiger charge is -2.72. The molecule has 0 saturated heterocycles. The average Bonchev–Trinajstić information content (AvgIpc) is 2.73. The summed E-state index contributed by atoms with van der Waals surface area (Å²) in [6.07, 6.45) is 14.7. The topological polar surface area (TPSA) is 37.3 Å². The number of ketones is 1. The smallest absolute Gasteiger partial charge is 0.141 e. The Kier molecular flexibility index (Phi) is 4.87. The number of Topliss-reactive ketones (excluding diaryl/α,β-unsaturated/α-hetero) is 1. The molecule has 180 valence electrons. The van der Waals surface area contributed by atoms with Crippen LogP contribution in [0.3, 0.4) is 0 Å². The van der Waals surface area contributed by atoms with Gasteiger partial charge in [-0.3, -0.25) is 4.79 Å². The third kappa shape index (κ3) is 2.71. The summed E-state index contributed by atoms with van der Waals surface area (Å²) >= 11 is 0. The van der Waals surface area contributed by atoms with Crippen LogP contribution in [0.15, 0.2) is 11.6 Å². The molecule has 2 nitrogen and oxygen atoms in total. The van der Waals surface area contributed by atoms with E-state index in [1.54, 1.807) is 0 Å². The van der Waals surface area contributed by atoms with E-state index in [9.17, 15) is 9.90 Å². The van der Waals surface area contributed by atoms with E-state index in [4.69, 9.17) is 0 Å². The molecule has 0 radical (unpaired) electrons. The van der Waals surface area contributed by atoms with Crippen molar-refractivity contribution in [2.24, 2.45) is 50.2 Å². The highest BCUT2D eigenvalue weighted by Crippen LogP contribution is 2.76. The SMILES string of the molecule is CC1(C)C=C2[C@H]3CC[C@@H]4[C@@]5(C)CCC(=O)[C@@](C)(CO)[C@@H]5CC[C@@]4(C)[C@]3(C)CC[C@@]2(C)CC1. The Morgan fingerprint density at radius 1 is 0.812 bits per heavy atom. The number of carbonyl (C=O) groups is 1. The van der Waals surface area contributed by atoms with E-state index in [0.717, 1.165) is 18.8 Å². The summed E-state index contributed by atoms with van der Waals surface area (Å²) in [5.41, 5.74) is 2.87. The molecule has 0 aromatic carbocycles. The molecule has 8 atom stereocenters. The fraction of sp³-hybridized carbons (Fsp3) is 0.900. The Balaban J connectivity index is 1.57.